The van der Waals surface area contributed by atoms with E-state index in [1.807, 2.05) is 102 Å². The van der Waals surface area contributed by atoms with Crippen LogP contribution < -0.4 is 5.32 Å². The standard InChI is InChI=1S/C55H67N7O6S/c1-13-53(11,54-29-51(9)28-52(10,30-54)32-55(31-51,33-54)66-24-23-61(12)48(65)68-50(6,7)8)62-34(2)39(27-57-62)36-21-22-40(58-44(36)46(64)67-49(3,4)5)35-25-38-37(17-16-19-41(38)56-26-35)45(63)60-47-59-42-18-14-15-20-43(42)69-47/h14-22,25-27H,13,23-24,28-33H2,1-12H3,(H,59,60,63). The van der Waals surface area contributed by atoms with Gasteiger partial charge in [-0.05, 0) is 159 Å². The fraction of sp³-hybridized carbons (Fsp3) is 0.509. The average molecular weight is 954 g/mol. The van der Waals surface area contributed by atoms with Gasteiger partial charge in [0.2, 0.25) is 0 Å². The molecule has 4 aromatic heterocycles. The summed E-state index contributed by atoms with van der Waals surface area (Å²) in [5, 5.41) is 9.38. The fourth-order valence-electron chi connectivity index (χ4n) is 13.0. The number of hydrogen-bond acceptors (Lipinski definition) is 11. The summed E-state index contributed by atoms with van der Waals surface area (Å²) in [4.78, 5) is 57.0. The number of hydrogen-bond donors (Lipinski definition) is 1. The number of anilines is 1. The van der Waals surface area contributed by atoms with Gasteiger partial charge in [0.15, 0.2) is 10.8 Å². The van der Waals surface area contributed by atoms with Gasteiger partial charge in [-0.15, -0.1) is 0 Å². The molecule has 3 unspecified atom stereocenters. The smallest absolute Gasteiger partial charge is 0.410 e. The normalized spacial score (nSPS) is 24.1. The zero-order valence-corrected chi connectivity index (χ0v) is 43.1. The van der Waals surface area contributed by atoms with Gasteiger partial charge in [-0.3, -0.25) is 19.8 Å². The van der Waals surface area contributed by atoms with Crippen molar-refractivity contribution in [2.45, 2.75) is 143 Å². The zero-order valence-electron chi connectivity index (χ0n) is 42.3. The topological polar surface area (TPSA) is 151 Å². The molecule has 13 nitrogen and oxygen atoms in total. The Bertz CT molecular complexity index is 2950. The van der Waals surface area contributed by atoms with Crippen molar-refractivity contribution in [3.8, 4) is 22.4 Å². The van der Waals surface area contributed by atoms with Crippen LogP contribution in [0.25, 0.3) is 43.5 Å². The van der Waals surface area contributed by atoms with Crippen LogP contribution in [0, 0.1) is 23.2 Å². The van der Waals surface area contributed by atoms with Crippen LogP contribution in [0.5, 0.6) is 0 Å². The maximum Gasteiger partial charge on any atom is 0.410 e. The van der Waals surface area contributed by atoms with E-state index in [1.165, 1.54) is 11.3 Å². The minimum absolute atomic E-state index is 0.0725. The van der Waals surface area contributed by atoms with Gasteiger partial charge in [0.1, 0.15) is 11.2 Å². The SMILES string of the molecule is CCC(C)(n1ncc(-c2ccc(-c3cnc4cccc(C(=O)Nc5nc6ccccc6s5)c4c3)nc2C(=O)OC(C)(C)C)c1C)C12CC3(C)CC(C)(CC(OCCN(C)C(=O)OC(C)(C)C)(C3)C1)C2. The first-order valence-corrected chi connectivity index (χ1v) is 25.1. The molecular formula is C55H67N7O6S. The van der Waals surface area contributed by atoms with E-state index in [2.05, 4.69) is 49.6 Å². The Kier molecular flexibility index (Phi) is 11.9. The van der Waals surface area contributed by atoms with Crippen LogP contribution in [-0.4, -0.2) is 84.6 Å². The van der Waals surface area contributed by atoms with Crippen LogP contribution in [0.2, 0.25) is 0 Å². The van der Waals surface area contributed by atoms with Crippen molar-refractivity contribution in [2.75, 3.05) is 25.5 Å². The molecule has 2 amide bonds. The first-order valence-electron chi connectivity index (χ1n) is 24.3. The summed E-state index contributed by atoms with van der Waals surface area (Å²) >= 11 is 1.42. The highest BCUT2D eigenvalue weighted by molar-refractivity contribution is 7.22. The molecule has 4 aliphatic carbocycles. The molecule has 3 atom stereocenters. The summed E-state index contributed by atoms with van der Waals surface area (Å²) in [6.45, 7) is 23.7. The third kappa shape index (κ3) is 9.15. The van der Waals surface area contributed by atoms with E-state index in [-0.39, 0.29) is 39.5 Å². The maximum absolute atomic E-state index is 14.3. The molecule has 14 heteroatoms. The van der Waals surface area contributed by atoms with Crippen LogP contribution in [0.4, 0.5) is 9.93 Å². The molecule has 364 valence electrons. The maximum atomic E-state index is 14.3. The van der Waals surface area contributed by atoms with Crippen molar-refractivity contribution in [1.82, 2.24) is 29.6 Å². The van der Waals surface area contributed by atoms with Gasteiger partial charge in [0.05, 0.1) is 45.4 Å². The number of carbonyl (C=O) groups is 3. The predicted octanol–water partition coefficient (Wildman–Crippen LogP) is 12.4. The van der Waals surface area contributed by atoms with Crippen LogP contribution in [0.1, 0.15) is 141 Å². The highest BCUT2D eigenvalue weighted by Gasteiger charge is 2.70. The number of aromatic nitrogens is 5. The van der Waals surface area contributed by atoms with Gasteiger partial charge >= 0.3 is 12.1 Å². The quantitative estimate of drug-likeness (QED) is 0.117. The minimum atomic E-state index is -0.782. The highest BCUT2D eigenvalue weighted by atomic mass is 32.1. The number of nitrogens with zero attached hydrogens (tertiary/aromatic N) is 6. The zero-order chi connectivity index (χ0) is 49.5. The summed E-state index contributed by atoms with van der Waals surface area (Å²) in [5.74, 6) is -0.849. The molecule has 4 bridgehead atoms. The molecule has 4 aliphatic rings. The molecule has 0 saturated heterocycles. The Morgan fingerprint density at radius 3 is 2.19 bits per heavy atom. The summed E-state index contributed by atoms with van der Waals surface area (Å²) in [6, 6.07) is 18.9. The number of para-hydroxylation sites is 1. The van der Waals surface area contributed by atoms with Crippen LogP contribution in [0.15, 0.2) is 73.1 Å². The predicted molar refractivity (Wildman–Crippen MR) is 272 cm³/mol. The van der Waals surface area contributed by atoms with Crippen molar-refractivity contribution >= 4 is 55.6 Å². The van der Waals surface area contributed by atoms with Gasteiger partial charge in [-0.2, -0.15) is 5.10 Å². The van der Waals surface area contributed by atoms with Crippen molar-refractivity contribution in [3.05, 3.63) is 90.0 Å². The minimum Gasteiger partial charge on any atom is -0.455 e. The second-order valence-corrected chi connectivity index (χ2v) is 24.2. The molecule has 2 aromatic carbocycles. The second-order valence-electron chi connectivity index (χ2n) is 23.2. The molecule has 0 spiro atoms. The molecule has 1 N–H and O–H groups in total. The number of pyridine rings is 2. The largest absolute Gasteiger partial charge is 0.455 e. The monoisotopic (exact) mass is 953 g/mol. The van der Waals surface area contributed by atoms with Gasteiger partial charge in [-0.25, -0.2) is 19.6 Å². The Morgan fingerprint density at radius 2 is 1.51 bits per heavy atom. The van der Waals surface area contributed by atoms with Gasteiger partial charge in [0, 0.05) is 53.1 Å². The third-order valence-corrected chi connectivity index (χ3v) is 15.9. The summed E-state index contributed by atoms with van der Waals surface area (Å²) in [7, 11) is 1.77. The summed E-state index contributed by atoms with van der Waals surface area (Å²) in [5.41, 5.74) is 3.50. The van der Waals surface area contributed by atoms with E-state index in [0.29, 0.717) is 51.6 Å². The highest BCUT2D eigenvalue weighted by Crippen LogP contribution is 2.75. The van der Waals surface area contributed by atoms with Crippen LogP contribution >= 0.6 is 11.3 Å². The lowest BCUT2D eigenvalue weighted by molar-refractivity contribution is -0.269. The number of carbonyl (C=O) groups excluding carboxylic acids is 3. The number of thiazole rings is 1. The van der Waals surface area contributed by atoms with E-state index in [4.69, 9.17) is 29.3 Å². The lowest BCUT2D eigenvalue weighted by atomic mass is 9.35. The van der Waals surface area contributed by atoms with Crippen LogP contribution in [-0.2, 0) is 19.7 Å². The van der Waals surface area contributed by atoms with Crippen molar-refractivity contribution in [1.29, 1.82) is 0 Å². The van der Waals surface area contributed by atoms with Crippen molar-refractivity contribution in [2.24, 2.45) is 16.2 Å². The molecule has 6 aromatic rings. The van der Waals surface area contributed by atoms with E-state index >= 15 is 0 Å². The summed E-state index contributed by atoms with van der Waals surface area (Å²) < 4.78 is 22.0. The Labute approximate surface area is 409 Å². The second kappa shape index (κ2) is 17.0. The molecule has 10 rings (SSSR count). The van der Waals surface area contributed by atoms with Gasteiger partial charge in [0.25, 0.3) is 5.91 Å². The molecular weight excluding hydrogens is 887 g/mol. The van der Waals surface area contributed by atoms with E-state index in [9.17, 15) is 14.4 Å². The van der Waals surface area contributed by atoms with Crippen molar-refractivity contribution < 1.29 is 28.6 Å². The van der Waals surface area contributed by atoms with Crippen molar-refractivity contribution in [3.63, 3.8) is 0 Å². The lowest BCUT2D eigenvalue weighted by Gasteiger charge is -2.72. The Morgan fingerprint density at radius 1 is 0.812 bits per heavy atom. The Balaban J connectivity index is 1.05. The summed E-state index contributed by atoms with van der Waals surface area (Å²) in [6.07, 6.45) is 10.2. The number of fused-ring (bicyclic) bond motifs is 2. The Hall–Kier alpha value is -5.73. The molecule has 4 saturated carbocycles. The van der Waals surface area contributed by atoms with E-state index in [0.717, 1.165) is 66.4 Å². The first-order chi connectivity index (χ1) is 32.3. The molecule has 4 heterocycles. The number of benzene rings is 2. The average Bonchev–Trinajstić information content (AvgIpc) is 3.85. The number of likely N-dealkylation sites (N-methyl/N-ethyl adjacent to an activating group) is 1. The number of amides is 2. The molecule has 69 heavy (non-hydrogen) atoms. The number of nitrogens with one attached hydrogen (secondary N) is 1. The fourth-order valence-corrected chi connectivity index (χ4v) is 13.8. The number of ether oxygens (including phenoxy) is 3. The van der Waals surface area contributed by atoms with Crippen LogP contribution in [0.3, 0.4) is 0 Å². The van der Waals surface area contributed by atoms with E-state index in [1.54, 1.807) is 24.2 Å². The third-order valence-electron chi connectivity index (χ3n) is 14.9. The number of esters is 1. The molecule has 0 radical (unpaired) electrons. The number of rotatable bonds is 12. The van der Waals surface area contributed by atoms with Gasteiger partial charge in [-0.1, -0.05) is 50.3 Å². The first kappa shape index (κ1) is 48.3. The lowest BCUT2D eigenvalue weighted by Crippen LogP contribution is -2.69. The molecule has 4 fully saturated rings. The van der Waals surface area contributed by atoms with E-state index < -0.39 is 22.7 Å². The van der Waals surface area contributed by atoms with Gasteiger partial charge < -0.3 is 19.1 Å². The molecule has 0 aliphatic heterocycles.